The van der Waals surface area contributed by atoms with Crippen LogP contribution < -0.4 is 5.32 Å². The number of carbonyl (C=O) groups is 2. The van der Waals surface area contributed by atoms with Gasteiger partial charge in [0.2, 0.25) is 0 Å². The van der Waals surface area contributed by atoms with Gasteiger partial charge in [0, 0.05) is 12.1 Å². The van der Waals surface area contributed by atoms with Gasteiger partial charge in [-0.1, -0.05) is 42.5 Å². The number of hydrogen-bond acceptors (Lipinski definition) is 5. The molecule has 0 bridgehead atoms. The fourth-order valence-corrected chi connectivity index (χ4v) is 3.44. The molecule has 28 heavy (non-hydrogen) atoms. The first-order valence-electron chi connectivity index (χ1n) is 8.74. The zero-order valence-electron chi connectivity index (χ0n) is 15.3. The molecule has 0 aliphatic rings. The van der Waals surface area contributed by atoms with Crippen LogP contribution in [0.1, 0.15) is 20.2 Å². The molecule has 0 fully saturated rings. The molecule has 0 unspecified atom stereocenters. The van der Waals surface area contributed by atoms with Crippen molar-refractivity contribution in [2.24, 2.45) is 0 Å². The van der Waals surface area contributed by atoms with Gasteiger partial charge in [0.15, 0.2) is 6.61 Å². The molecule has 7 heteroatoms. The highest BCUT2D eigenvalue weighted by Gasteiger charge is 2.20. The highest BCUT2D eigenvalue weighted by atomic mass is 32.1. The summed E-state index contributed by atoms with van der Waals surface area (Å²) in [5, 5.41) is 3.43. The molecule has 3 rings (SSSR count). The number of nitrogens with zero attached hydrogens (tertiary/aromatic N) is 1. The van der Waals surface area contributed by atoms with Gasteiger partial charge in [-0.25, -0.2) is 14.2 Å². The Morgan fingerprint density at radius 3 is 2.54 bits per heavy atom. The van der Waals surface area contributed by atoms with Gasteiger partial charge in [-0.3, -0.25) is 4.79 Å². The van der Waals surface area contributed by atoms with Crippen molar-refractivity contribution in [1.82, 2.24) is 10.3 Å². The molecule has 144 valence electrons. The van der Waals surface area contributed by atoms with E-state index in [1.807, 2.05) is 37.3 Å². The molecule has 0 saturated carbocycles. The number of aryl methyl sites for hydroxylation is 1. The lowest BCUT2D eigenvalue weighted by Crippen LogP contribution is -2.30. The van der Waals surface area contributed by atoms with Crippen molar-refractivity contribution in [3.05, 3.63) is 75.9 Å². The van der Waals surface area contributed by atoms with E-state index in [1.54, 1.807) is 12.1 Å². The molecule has 0 aliphatic carbocycles. The zero-order valence-corrected chi connectivity index (χ0v) is 16.1. The number of benzene rings is 2. The minimum Gasteiger partial charge on any atom is -0.451 e. The van der Waals surface area contributed by atoms with Crippen LogP contribution in [0.15, 0.2) is 54.6 Å². The molecule has 0 atom stereocenters. The van der Waals surface area contributed by atoms with Crippen LogP contribution in [0.25, 0.3) is 11.3 Å². The summed E-state index contributed by atoms with van der Waals surface area (Å²) in [5.41, 5.74) is 2.29. The van der Waals surface area contributed by atoms with Crippen molar-refractivity contribution in [2.45, 2.75) is 13.3 Å². The van der Waals surface area contributed by atoms with E-state index in [0.29, 0.717) is 23.5 Å². The van der Waals surface area contributed by atoms with E-state index in [2.05, 4.69) is 10.3 Å². The average Bonchev–Trinajstić information content (AvgIpc) is 3.10. The van der Waals surface area contributed by atoms with Gasteiger partial charge in [0.1, 0.15) is 10.7 Å². The van der Waals surface area contributed by atoms with Crippen molar-refractivity contribution < 1.29 is 18.7 Å². The van der Waals surface area contributed by atoms with Gasteiger partial charge in [-0.2, -0.15) is 0 Å². The summed E-state index contributed by atoms with van der Waals surface area (Å²) < 4.78 is 18.0. The van der Waals surface area contributed by atoms with E-state index in [-0.39, 0.29) is 12.4 Å². The molecule has 3 aromatic rings. The van der Waals surface area contributed by atoms with Crippen LogP contribution in [0, 0.1) is 12.7 Å². The van der Waals surface area contributed by atoms with Gasteiger partial charge >= 0.3 is 5.97 Å². The SMILES string of the molecule is Cc1nc(-c2ccccc2)c(C(=O)OCC(=O)NCCc2ccc(F)cc2)s1. The van der Waals surface area contributed by atoms with Crippen molar-refractivity contribution in [2.75, 3.05) is 13.2 Å². The topological polar surface area (TPSA) is 68.3 Å². The maximum atomic E-state index is 12.9. The summed E-state index contributed by atoms with van der Waals surface area (Å²) in [4.78, 5) is 29.1. The summed E-state index contributed by atoms with van der Waals surface area (Å²) in [6.45, 7) is 1.82. The summed E-state index contributed by atoms with van der Waals surface area (Å²) in [7, 11) is 0. The Kier molecular flexibility index (Phi) is 6.49. The smallest absolute Gasteiger partial charge is 0.351 e. The first kappa shape index (κ1) is 19.7. The van der Waals surface area contributed by atoms with Gasteiger partial charge in [0.25, 0.3) is 5.91 Å². The molecule has 0 saturated heterocycles. The molecule has 0 spiro atoms. The van der Waals surface area contributed by atoms with Gasteiger partial charge < -0.3 is 10.1 Å². The molecule has 1 heterocycles. The molecule has 2 aromatic carbocycles. The van der Waals surface area contributed by atoms with E-state index in [4.69, 9.17) is 4.74 Å². The summed E-state index contributed by atoms with van der Waals surface area (Å²) in [6.07, 6.45) is 0.562. The van der Waals surface area contributed by atoms with Crippen LogP contribution in [0.5, 0.6) is 0 Å². The van der Waals surface area contributed by atoms with Crippen molar-refractivity contribution in [3.63, 3.8) is 0 Å². The van der Waals surface area contributed by atoms with Crippen LogP contribution in [-0.4, -0.2) is 30.0 Å². The number of halogens is 1. The molecule has 0 aliphatic heterocycles. The minimum atomic E-state index is -0.571. The first-order valence-corrected chi connectivity index (χ1v) is 9.55. The second-order valence-corrected chi connectivity index (χ2v) is 7.28. The van der Waals surface area contributed by atoms with E-state index < -0.39 is 11.9 Å². The van der Waals surface area contributed by atoms with Crippen LogP contribution in [0.4, 0.5) is 4.39 Å². The molecular formula is C21H19FN2O3S. The standard InChI is InChI=1S/C21H19FN2O3S/c1-14-24-19(16-5-3-2-4-6-16)20(28-14)21(26)27-13-18(25)23-12-11-15-7-9-17(22)10-8-15/h2-10H,11-13H2,1H3,(H,23,25). The number of aromatic nitrogens is 1. The monoisotopic (exact) mass is 398 g/mol. The summed E-state index contributed by atoms with van der Waals surface area (Å²) >= 11 is 1.24. The lowest BCUT2D eigenvalue weighted by Gasteiger charge is -2.07. The van der Waals surface area contributed by atoms with Crippen LogP contribution in [0.3, 0.4) is 0 Å². The number of hydrogen-bond donors (Lipinski definition) is 1. The van der Waals surface area contributed by atoms with E-state index in [1.165, 1.54) is 23.5 Å². The fourth-order valence-electron chi connectivity index (χ4n) is 2.60. The number of amides is 1. The Bertz CT molecular complexity index is 956. The highest BCUT2D eigenvalue weighted by Crippen LogP contribution is 2.28. The van der Waals surface area contributed by atoms with Crippen molar-refractivity contribution in [3.8, 4) is 11.3 Å². The molecule has 1 amide bonds. The van der Waals surface area contributed by atoms with Crippen LogP contribution in [0.2, 0.25) is 0 Å². The second-order valence-electron chi connectivity index (χ2n) is 6.08. The number of carbonyl (C=O) groups excluding carboxylic acids is 2. The Morgan fingerprint density at radius 1 is 1.11 bits per heavy atom. The number of nitrogens with one attached hydrogen (secondary N) is 1. The van der Waals surface area contributed by atoms with E-state index in [9.17, 15) is 14.0 Å². The average molecular weight is 398 g/mol. The lowest BCUT2D eigenvalue weighted by atomic mass is 10.1. The largest absolute Gasteiger partial charge is 0.451 e. The number of thiazole rings is 1. The fraction of sp³-hybridized carbons (Fsp3) is 0.190. The quantitative estimate of drug-likeness (QED) is 0.615. The van der Waals surface area contributed by atoms with Crippen LogP contribution >= 0.6 is 11.3 Å². The molecule has 0 radical (unpaired) electrons. The predicted molar refractivity (Wildman–Crippen MR) is 106 cm³/mol. The highest BCUT2D eigenvalue weighted by molar-refractivity contribution is 7.14. The zero-order chi connectivity index (χ0) is 19.9. The number of esters is 1. The lowest BCUT2D eigenvalue weighted by molar-refractivity contribution is -0.124. The Morgan fingerprint density at radius 2 is 1.82 bits per heavy atom. The molecule has 1 N–H and O–H groups in total. The van der Waals surface area contributed by atoms with E-state index >= 15 is 0 Å². The van der Waals surface area contributed by atoms with Crippen LogP contribution in [-0.2, 0) is 16.0 Å². The van der Waals surface area contributed by atoms with Crippen molar-refractivity contribution in [1.29, 1.82) is 0 Å². The third-order valence-electron chi connectivity index (χ3n) is 3.95. The maximum absolute atomic E-state index is 12.9. The van der Waals surface area contributed by atoms with E-state index in [0.717, 1.165) is 16.1 Å². The number of rotatable bonds is 7. The molecule has 1 aromatic heterocycles. The Balaban J connectivity index is 1.51. The second kappa shape index (κ2) is 9.23. The minimum absolute atomic E-state index is 0.298. The normalized spacial score (nSPS) is 10.5. The Hall–Kier alpha value is -3.06. The first-order chi connectivity index (χ1) is 13.5. The summed E-state index contributed by atoms with van der Waals surface area (Å²) in [5.74, 6) is -1.26. The van der Waals surface area contributed by atoms with Crippen molar-refractivity contribution >= 4 is 23.2 Å². The van der Waals surface area contributed by atoms with Gasteiger partial charge in [-0.05, 0) is 31.0 Å². The molecule has 5 nitrogen and oxygen atoms in total. The Labute approximate surface area is 166 Å². The number of ether oxygens (including phenoxy) is 1. The maximum Gasteiger partial charge on any atom is 0.351 e. The third-order valence-corrected chi connectivity index (χ3v) is 4.90. The third kappa shape index (κ3) is 5.23. The van der Waals surface area contributed by atoms with Gasteiger partial charge in [0.05, 0.1) is 10.7 Å². The predicted octanol–water partition coefficient (Wildman–Crippen LogP) is 3.77. The van der Waals surface area contributed by atoms with Gasteiger partial charge in [-0.15, -0.1) is 11.3 Å². The summed E-state index contributed by atoms with van der Waals surface area (Å²) in [6, 6.07) is 15.4. The molecular weight excluding hydrogens is 379 g/mol.